The topological polar surface area (TPSA) is 78.8 Å². The smallest absolute Gasteiger partial charge is 0.196 e. The van der Waals surface area contributed by atoms with Gasteiger partial charge in [-0.15, -0.1) is 10.2 Å². The number of thioether (sulfide) groups is 1. The fraction of sp³-hybridized carbons (Fsp3) is 0.0952. The first kappa shape index (κ1) is 19.3. The fourth-order valence-corrected chi connectivity index (χ4v) is 3.81. The molecule has 2 aromatic carbocycles. The lowest BCUT2D eigenvalue weighted by atomic mass is 10.2. The molecule has 6 nitrogen and oxygen atoms in total. The maximum Gasteiger partial charge on any atom is 0.196 e. The number of hydrogen-bond donors (Lipinski definition) is 1. The van der Waals surface area contributed by atoms with Gasteiger partial charge in [-0.2, -0.15) is 0 Å². The molecule has 0 unspecified atom stereocenters. The average molecular weight is 424 g/mol. The predicted molar refractivity (Wildman–Crippen MR) is 117 cm³/mol. The van der Waals surface area contributed by atoms with Crippen molar-refractivity contribution in [3.05, 3.63) is 77.4 Å². The zero-order chi connectivity index (χ0) is 20.2. The second-order valence-electron chi connectivity index (χ2n) is 6.19. The molecule has 0 atom stereocenters. The minimum atomic E-state index is 0.501. The molecular weight excluding hydrogens is 406 g/mol. The van der Waals surface area contributed by atoms with Gasteiger partial charge in [-0.1, -0.05) is 29.4 Å². The Morgan fingerprint density at radius 1 is 1.00 bits per heavy atom. The highest BCUT2D eigenvalue weighted by atomic mass is 35.5. The van der Waals surface area contributed by atoms with Gasteiger partial charge in [0.05, 0.1) is 12.8 Å². The normalized spacial score (nSPS) is 10.8. The second kappa shape index (κ2) is 8.55. The number of rotatable bonds is 6. The lowest BCUT2D eigenvalue weighted by molar-refractivity contribution is 0.415. The standard InChI is InChI=1S/C21H18ClN5OS/c1-28-18-11-5-14(6-12-18)20-25-26-21(27(20)17-9-7-15(22)8-10-17)29-13-16-3-2-4-19(23)24-16/h2-12H,13H2,1H3,(H2,23,24). The molecule has 0 aliphatic heterocycles. The van der Waals surface area contributed by atoms with Gasteiger partial charge in [0.25, 0.3) is 0 Å². The van der Waals surface area contributed by atoms with Crippen LogP contribution in [0.3, 0.4) is 0 Å². The van der Waals surface area contributed by atoms with E-state index in [1.807, 2.05) is 65.2 Å². The minimum Gasteiger partial charge on any atom is -0.497 e. The number of halogens is 1. The SMILES string of the molecule is COc1ccc(-c2nnc(SCc3cccc(N)n3)n2-c2ccc(Cl)cc2)cc1. The van der Waals surface area contributed by atoms with E-state index in [1.165, 1.54) is 0 Å². The Labute approximate surface area is 177 Å². The van der Waals surface area contributed by atoms with E-state index in [-0.39, 0.29) is 0 Å². The Bertz CT molecular complexity index is 1110. The molecule has 0 aliphatic rings. The third kappa shape index (κ3) is 4.36. The molecule has 146 valence electrons. The Hall–Kier alpha value is -3.03. The van der Waals surface area contributed by atoms with Crippen LogP contribution in [0.25, 0.3) is 17.1 Å². The molecule has 0 saturated heterocycles. The van der Waals surface area contributed by atoms with Crippen molar-refractivity contribution in [1.82, 2.24) is 19.7 Å². The zero-order valence-electron chi connectivity index (χ0n) is 15.6. The number of anilines is 1. The van der Waals surface area contributed by atoms with Crippen molar-refractivity contribution in [1.29, 1.82) is 0 Å². The number of benzene rings is 2. The van der Waals surface area contributed by atoms with Crippen molar-refractivity contribution in [3.8, 4) is 22.8 Å². The largest absolute Gasteiger partial charge is 0.497 e. The summed E-state index contributed by atoms with van der Waals surface area (Å²) in [4.78, 5) is 4.35. The van der Waals surface area contributed by atoms with E-state index in [4.69, 9.17) is 22.1 Å². The Morgan fingerprint density at radius 3 is 2.45 bits per heavy atom. The molecule has 8 heteroatoms. The lowest BCUT2D eigenvalue weighted by Gasteiger charge is -2.11. The first-order chi connectivity index (χ1) is 14.1. The summed E-state index contributed by atoms with van der Waals surface area (Å²) >= 11 is 7.62. The molecule has 0 amide bonds. The van der Waals surface area contributed by atoms with Crippen LogP contribution in [0.15, 0.2) is 71.9 Å². The molecule has 0 bridgehead atoms. The Kier molecular flexibility index (Phi) is 5.69. The van der Waals surface area contributed by atoms with Gasteiger partial charge >= 0.3 is 0 Å². The van der Waals surface area contributed by atoms with Crippen molar-refractivity contribution < 1.29 is 4.74 Å². The highest BCUT2D eigenvalue weighted by Crippen LogP contribution is 2.30. The van der Waals surface area contributed by atoms with Crippen LogP contribution in [-0.4, -0.2) is 26.9 Å². The number of aromatic nitrogens is 4. The summed E-state index contributed by atoms with van der Waals surface area (Å²) in [5, 5.41) is 10.3. The van der Waals surface area contributed by atoms with Gasteiger partial charge in [-0.3, -0.25) is 4.57 Å². The Morgan fingerprint density at radius 2 is 1.76 bits per heavy atom. The minimum absolute atomic E-state index is 0.501. The maximum absolute atomic E-state index is 6.08. The maximum atomic E-state index is 6.08. The summed E-state index contributed by atoms with van der Waals surface area (Å²) in [6, 6.07) is 20.9. The molecule has 4 rings (SSSR count). The van der Waals surface area contributed by atoms with Gasteiger partial charge in [0.2, 0.25) is 0 Å². The van der Waals surface area contributed by atoms with Gasteiger partial charge in [-0.05, 0) is 60.7 Å². The number of hydrogen-bond acceptors (Lipinski definition) is 6. The van der Waals surface area contributed by atoms with Gasteiger partial charge in [0, 0.05) is 22.0 Å². The van der Waals surface area contributed by atoms with Crippen molar-refractivity contribution in [2.24, 2.45) is 0 Å². The van der Waals surface area contributed by atoms with E-state index in [9.17, 15) is 0 Å². The summed E-state index contributed by atoms with van der Waals surface area (Å²) in [6.45, 7) is 0. The molecule has 2 aromatic heterocycles. The van der Waals surface area contributed by atoms with Crippen LogP contribution in [0, 0.1) is 0 Å². The predicted octanol–water partition coefficient (Wildman–Crippen LogP) is 4.87. The third-order valence-electron chi connectivity index (χ3n) is 4.24. The Balaban J connectivity index is 1.72. The number of nitrogens with two attached hydrogens (primary N) is 1. The van der Waals surface area contributed by atoms with E-state index in [1.54, 1.807) is 24.9 Å². The average Bonchev–Trinajstić information content (AvgIpc) is 3.17. The van der Waals surface area contributed by atoms with E-state index < -0.39 is 0 Å². The molecule has 0 radical (unpaired) electrons. The highest BCUT2D eigenvalue weighted by molar-refractivity contribution is 7.98. The number of nitrogen functional groups attached to an aromatic ring is 1. The van der Waals surface area contributed by atoms with E-state index >= 15 is 0 Å². The van der Waals surface area contributed by atoms with E-state index in [2.05, 4.69) is 15.2 Å². The molecule has 2 N–H and O–H groups in total. The number of nitrogens with zero attached hydrogens (tertiary/aromatic N) is 4. The number of pyridine rings is 1. The summed E-state index contributed by atoms with van der Waals surface area (Å²) in [6.07, 6.45) is 0. The third-order valence-corrected chi connectivity index (χ3v) is 5.46. The van der Waals surface area contributed by atoms with Crippen LogP contribution >= 0.6 is 23.4 Å². The fourth-order valence-electron chi connectivity index (χ4n) is 2.83. The number of ether oxygens (including phenoxy) is 1. The van der Waals surface area contributed by atoms with E-state index in [0.29, 0.717) is 16.6 Å². The van der Waals surface area contributed by atoms with Crippen LogP contribution in [-0.2, 0) is 5.75 Å². The van der Waals surface area contributed by atoms with Gasteiger partial charge in [-0.25, -0.2) is 4.98 Å². The molecule has 4 aromatic rings. The molecule has 0 fully saturated rings. The molecule has 2 heterocycles. The van der Waals surface area contributed by atoms with Crippen LogP contribution in [0.5, 0.6) is 5.75 Å². The van der Waals surface area contributed by atoms with E-state index in [0.717, 1.165) is 33.7 Å². The van der Waals surface area contributed by atoms with Crippen molar-refractivity contribution in [3.63, 3.8) is 0 Å². The van der Waals surface area contributed by atoms with Crippen LogP contribution in [0.4, 0.5) is 5.82 Å². The van der Waals surface area contributed by atoms with Gasteiger partial charge < -0.3 is 10.5 Å². The molecule has 0 spiro atoms. The van der Waals surface area contributed by atoms with Gasteiger partial charge in [0.15, 0.2) is 11.0 Å². The number of methoxy groups -OCH3 is 1. The lowest BCUT2D eigenvalue weighted by Crippen LogP contribution is -2.00. The van der Waals surface area contributed by atoms with Crippen molar-refractivity contribution in [2.75, 3.05) is 12.8 Å². The van der Waals surface area contributed by atoms with Crippen LogP contribution in [0.2, 0.25) is 5.02 Å². The monoisotopic (exact) mass is 423 g/mol. The molecule has 29 heavy (non-hydrogen) atoms. The highest BCUT2D eigenvalue weighted by Gasteiger charge is 2.16. The first-order valence-corrected chi connectivity index (χ1v) is 10.2. The van der Waals surface area contributed by atoms with Gasteiger partial charge in [0.1, 0.15) is 11.6 Å². The summed E-state index contributed by atoms with van der Waals surface area (Å²) in [5.74, 6) is 2.65. The molecule has 0 saturated carbocycles. The summed E-state index contributed by atoms with van der Waals surface area (Å²) in [5.41, 5.74) is 8.53. The first-order valence-electron chi connectivity index (χ1n) is 8.84. The summed E-state index contributed by atoms with van der Waals surface area (Å²) in [7, 11) is 1.64. The second-order valence-corrected chi connectivity index (χ2v) is 7.57. The van der Waals surface area contributed by atoms with Crippen LogP contribution < -0.4 is 10.5 Å². The zero-order valence-corrected chi connectivity index (χ0v) is 17.2. The van der Waals surface area contributed by atoms with Crippen molar-refractivity contribution in [2.45, 2.75) is 10.9 Å². The van der Waals surface area contributed by atoms with Crippen LogP contribution in [0.1, 0.15) is 5.69 Å². The molecule has 0 aliphatic carbocycles. The summed E-state index contributed by atoms with van der Waals surface area (Å²) < 4.78 is 7.27. The molecular formula is C21H18ClN5OS. The van der Waals surface area contributed by atoms with Crippen molar-refractivity contribution >= 4 is 29.2 Å². The quantitative estimate of drug-likeness (QED) is 0.446.